The molecule has 0 aliphatic heterocycles. The molecule has 0 bridgehead atoms. The van der Waals surface area contributed by atoms with Crippen molar-refractivity contribution in [3.63, 3.8) is 0 Å². The van der Waals surface area contributed by atoms with Gasteiger partial charge in [-0.25, -0.2) is 8.78 Å². The van der Waals surface area contributed by atoms with Gasteiger partial charge >= 0.3 is 0 Å². The van der Waals surface area contributed by atoms with Crippen LogP contribution in [0.15, 0.2) is 36.4 Å². The number of nitrogens with one attached hydrogen (secondary N) is 1. The molecule has 1 amide bonds. The Morgan fingerprint density at radius 3 is 2.57 bits per heavy atom. The molecule has 0 unspecified atom stereocenters. The van der Waals surface area contributed by atoms with Gasteiger partial charge in [0, 0.05) is 11.6 Å². The monoisotopic (exact) mass is 312 g/mol. The summed E-state index contributed by atoms with van der Waals surface area (Å²) >= 11 is 5.67. The Balaban J connectivity index is 2.27. The molecule has 0 atom stereocenters. The first-order valence-electron chi connectivity index (χ1n) is 5.59. The van der Waals surface area contributed by atoms with Crippen molar-refractivity contribution in [1.82, 2.24) is 0 Å². The second kappa shape index (κ2) is 5.84. The highest BCUT2D eigenvalue weighted by Gasteiger charge is 2.17. The quantitative estimate of drug-likeness (QED) is 0.692. The van der Waals surface area contributed by atoms with Crippen LogP contribution in [0, 0.1) is 21.7 Å². The van der Waals surface area contributed by atoms with Gasteiger partial charge in [0.2, 0.25) is 0 Å². The summed E-state index contributed by atoms with van der Waals surface area (Å²) in [5.41, 5.74) is -0.714. The number of halogens is 3. The SMILES string of the molecule is O=C(Nc1cccc(F)c1F)c1ccc([N+](=O)[O-])c(Cl)c1. The van der Waals surface area contributed by atoms with E-state index in [0.717, 1.165) is 24.3 Å². The highest BCUT2D eigenvalue weighted by atomic mass is 35.5. The Kier molecular flexibility index (Phi) is 4.13. The normalized spacial score (nSPS) is 10.2. The third-order valence-electron chi connectivity index (χ3n) is 2.61. The van der Waals surface area contributed by atoms with Crippen LogP contribution < -0.4 is 5.32 Å². The average molecular weight is 313 g/mol. The number of nitrogens with zero attached hydrogens (tertiary/aromatic N) is 1. The van der Waals surface area contributed by atoms with Gasteiger partial charge in [-0.3, -0.25) is 14.9 Å². The Labute approximate surface area is 122 Å². The van der Waals surface area contributed by atoms with Crippen molar-refractivity contribution in [2.75, 3.05) is 5.32 Å². The van der Waals surface area contributed by atoms with Crippen LogP contribution >= 0.6 is 11.6 Å². The van der Waals surface area contributed by atoms with Crippen LogP contribution in [0.25, 0.3) is 0 Å². The van der Waals surface area contributed by atoms with Gasteiger partial charge in [0.1, 0.15) is 5.02 Å². The third kappa shape index (κ3) is 3.14. The molecule has 0 aliphatic rings. The van der Waals surface area contributed by atoms with Gasteiger partial charge < -0.3 is 5.32 Å². The van der Waals surface area contributed by atoms with Crippen LogP contribution in [0.2, 0.25) is 5.02 Å². The van der Waals surface area contributed by atoms with Crippen molar-refractivity contribution in [2.24, 2.45) is 0 Å². The molecule has 0 spiro atoms. The molecule has 0 fully saturated rings. The number of nitro groups is 1. The number of carbonyl (C=O) groups excluding carboxylic acids is 1. The Bertz CT molecular complexity index is 737. The maximum Gasteiger partial charge on any atom is 0.287 e. The summed E-state index contributed by atoms with van der Waals surface area (Å²) in [5, 5.41) is 12.5. The van der Waals surface area contributed by atoms with E-state index in [1.54, 1.807) is 0 Å². The van der Waals surface area contributed by atoms with E-state index >= 15 is 0 Å². The number of anilines is 1. The molecule has 5 nitrogen and oxygen atoms in total. The van der Waals surface area contributed by atoms with Crippen LogP contribution in [0.5, 0.6) is 0 Å². The Morgan fingerprint density at radius 1 is 1.24 bits per heavy atom. The van der Waals surface area contributed by atoms with Crippen molar-refractivity contribution in [3.05, 3.63) is 68.7 Å². The van der Waals surface area contributed by atoms with Crippen molar-refractivity contribution < 1.29 is 18.5 Å². The van der Waals surface area contributed by atoms with Crippen LogP contribution in [0.1, 0.15) is 10.4 Å². The Hall–Kier alpha value is -2.54. The van der Waals surface area contributed by atoms with Gasteiger partial charge in [0.15, 0.2) is 11.6 Å². The highest BCUT2D eigenvalue weighted by Crippen LogP contribution is 2.25. The van der Waals surface area contributed by atoms with E-state index in [2.05, 4.69) is 5.32 Å². The lowest BCUT2D eigenvalue weighted by atomic mass is 10.2. The average Bonchev–Trinajstić information content (AvgIpc) is 2.43. The molecule has 1 N–H and O–H groups in total. The lowest BCUT2D eigenvalue weighted by Gasteiger charge is -2.07. The van der Waals surface area contributed by atoms with Crippen LogP contribution in [-0.4, -0.2) is 10.8 Å². The molecule has 0 saturated heterocycles. The lowest BCUT2D eigenvalue weighted by Crippen LogP contribution is -2.13. The summed E-state index contributed by atoms with van der Waals surface area (Å²) in [7, 11) is 0. The van der Waals surface area contributed by atoms with E-state index in [4.69, 9.17) is 11.6 Å². The van der Waals surface area contributed by atoms with Crippen molar-refractivity contribution in [2.45, 2.75) is 0 Å². The molecular formula is C13H7ClF2N2O3. The van der Waals surface area contributed by atoms with Crippen LogP contribution in [-0.2, 0) is 0 Å². The molecule has 2 rings (SSSR count). The van der Waals surface area contributed by atoms with Crippen LogP contribution in [0.4, 0.5) is 20.2 Å². The number of benzene rings is 2. The van der Waals surface area contributed by atoms with Gasteiger partial charge in [-0.2, -0.15) is 0 Å². The molecule has 0 saturated carbocycles. The van der Waals surface area contributed by atoms with E-state index in [1.807, 2.05) is 0 Å². The van der Waals surface area contributed by atoms with E-state index in [0.29, 0.717) is 0 Å². The number of hydrogen-bond acceptors (Lipinski definition) is 3. The number of rotatable bonds is 3. The fourth-order valence-corrected chi connectivity index (χ4v) is 1.84. The maximum absolute atomic E-state index is 13.4. The lowest BCUT2D eigenvalue weighted by molar-refractivity contribution is -0.384. The third-order valence-corrected chi connectivity index (χ3v) is 2.91. The summed E-state index contributed by atoms with van der Waals surface area (Å²) in [5.74, 6) is -3.07. The molecule has 8 heteroatoms. The van der Waals surface area contributed by atoms with E-state index in [-0.39, 0.29) is 22.0 Å². The molecular weight excluding hydrogens is 306 g/mol. The number of nitro benzene ring substituents is 1. The zero-order valence-corrected chi connectivity index (χ0v) is 11.0. The number of carbonyl (C=O) groups is 1. The standard InChI is InChI=1S/C13H7ClF2N2O3/c14-8-6-7(4-5-11(8)18(20)21)13(19)17-10-3-1-2-9(15)12(10)16/h1-6H,(H,17,19). The predicted molar refractivity (Wildman–Crippen MR) is 72.4 cm³/mol. The minimum absolute atomic E-state index is 0.0192. The van der Waals surface area contributed by atoms with Crippen LogP contribution in [0.3, 0.4) is 0 Å². The van der Waals surface area contributed by atoms with Gasteiger partial charge in [0.25, 0.3) is 11.6 Å². The summed E-state index contributed by atoms with van der Waals surface area (Å²) in [6.07, 6.45) is 0. The molecule has 2 aromatic carbocycles. The minimum Gasteiger partial charge on any atom is -0.319 e. The number of amides is 1. The summed E-state index contributed by atoms with van der Waals surface area (Å²) < 4.78 is 26.4. The largest absolute Gasteiger partial charge is 0.319 e. The Morgan fingerprint density at radius 2 is 1.95 bits per heavy atom. The molecule has 108 valence electrons. The first kappa shape index (κ1) is 14.9. The molecule has 0 radical (unpaired) electrons. The van der Waals surface area contributed by atoms with Crippen molar-refractivity contribution >= 4 is 28.9 Å². The van der Waals surface area contributed by atoms with Gasteiger partial charge in [-0.15, -0.1) is 0 Å². The zero-order valence-electron chi connectivity index (χ0n) is 10.3. The topological polar surface area (TPSA) is 72.2 Å². The first-order valence-corrected chi connectivity index (χ1v) is 5.97. The fraction of sp³-hybridized carbons (Fsp3) is 0. The molecule has 2 aromatic rings. The minimum atomic E-state index is -1.20. The second-order valence-corrected chi connectivity index (χ2v) is 4.39. The second-order valence-electron chi connectivity index (χ2n) is 3.98. The zero-order chi connectivity index (χ0) is 15.6. The summed E-state index contributed by atoms with van der Waals surface area (Å²) in [4.78, 5) is 21.8. The maximum atomic E-state index is 13.4. The van der Waals surface area contributed by atoms with Gasteiger partial charge in [-0.05, 0) is 24.3 Å². The van der Waals surface area contributed by atoms with E-state index in [9.17, 15) is 23.7 Å². The molecule has 0 aromatic heterocycles. The van der Waals surface area contributed by atoms with Gasteiger partial charge in [-0.1, -0.05) is 17.7 Å². The molecule has 0 heterocycles. The van der Waals surface area contributed by atoms with Crippen molar-refractivity contribution in [1.29, 1.82) is 0 Å². The van der Waals surface area contributed by atoms with E-state index in [1.165, 1.54) is 12.1 Å². The fourth-order valence-electron chi connectivity index (χ4n) is 1.59. The van der Waals surface area contributed by atoms with Gasteiger partial charge in [0.05, 0.1) is 10.6 Å². The number of hydrogen-bond donors (Lipinski definition) is 1. The predicted octanol–water partition coefficient (Wildman–Crippen LogP) is 3.78. The molecule has 21 heavy (non-hydrogen) atoms. The van der Waals surface area contributed by atoms with E-state index < -0.39 is 22.5 Å². The smallest absolute Gasteiger partial charge is 0.287 e. The summed E-state index contributed by atoms with van der Waals surface area (Å²) in [6.45, 7) is 0. The van der Waals surface area contributed by atoms with Crippen molar-refractivity contribution in [3.8, 4) is 0 Å². The highest BCUT2D eigenvalue weighted by molar-refractivity contribution is 6.33. The first-order chi connectivity index (χ1) is 9.90. The molecule has 0 aliphatic carbocycles. The summed E-state index contributed by atoms with van der Waals surface area (Å²) in [6, 6.07) is 6.62.